The van der Waals surface area contributed by atoms with Crippen molar-refractivity contribution in [3.05, 3.63) is 12.2 Å². The van der Waals surface area contributed by atoms with Crippen LogP contribution >= 0.6 is 15.9 Å². The summed E-state index contributed by atoms with van der Waals surface area (Å²) in [4.78, 5) is 23.7. The Morgan fingerprint density at radius 1 is 0.722 bits per heavy atom. The molecule has 0 saturated heterocycles. The van der Waals surface area contributed by atoms with Crippen LogP contribution in [0.4, 0.5) is 4.79 Å². The van der Waals surface area contributed by atoms with Gasteiger partial charge in [0.25, 0.3) is 0 Å². The molecular weight excluding hydrogens is 520 g/mol. The second-order valence-electron chi connectivity index (χ2n) is 9.92. The molecule has 7 heteroatoms. The van der Waals surface area contributed by atoms with Crippen molar-refractivity contribution in [3.8, 4) is 0 Å². The molecule has 0 aromatic carbocycles. The highest BCUT2D eigenvalue weighted by Crippen LogP contribution is 2.14. The second-order valence-corrected chi connectivity index (χ2v) is 10.7. The number of carbonyl (C=O) groups is 2. The third kappa shape index (κ3) is 24.6. The lowest BCUT2D eigenvalue weighted by Crippen LogP contribution is -2.32. The number of rotatable bonds is 26. The lowest BCUT2D eigenvalue weighted by molar-refractivity contribution is -0.121. The molecule has 0 bridgehead atoms. The van der Waals surface area contributed by atoms with E-state index in [9.17, 15) is 14.7 Å². The first kappa shape index (κ1) is 34.9. The van der Waals surface area contributed by atoms with E-state index in [1.54, 1.807) is 0 Å². The highest BCUT2D eigenvalue weighted by Gasteiger charge is 2.16. The Labute approximate surface area is 229 Å². The molecule has 6 nitrogen and oxygen atoms in total. The number of alkyl halides is 1. The van der Waals surface area contributed by atoms with Gasteiger partial charge in [-0.2, -0.15) is 0 Å². The summed E-state index contributed by atoms with van der Waals surface area (Å²) >= 11 is 3.36. The number of amides is 2. The Hall–Kier alpha value is -1.08. The summed E-state index contributed by atoms with van der Waals surface area (Å²) in [5.74, 6) is -0.209. The number of halogens is 1. The molecule has 2 amide bonds. The van der Waals surface area contributed by atoms with E-state index in [0.717, 1.165) is 37.4 Å². The van der Waals surface area contributed by atoms with Gasteiger partial charge in [-0.3, -0.25) is 4.79 Å². The molecule has 0 aliphatic rings. The number of aliphatic hydroxyl groups excluding tert-OH is 1. The van der Waals surface area contributed by atoms with Crippen molar-refractivity contribution in [2.45, 2.75) is 142 Å². The van der Waals surface area contributed by atoms with E-state index in [1.807, 2.05) is 0 Å². The van der Waals surface area contributed by atoms with E-state index >= 15 is 0 Å². The largest absolute Gasteiger partial charge is 0.416 e. The van der Waals surface area contributed by atoms with Crippen LogP contribution in [0.2, 0.25) is 0 Å². The molecule has 0 heterocycles. The monoisotopic (exact) mass is 574 g/mol. The summed E-state index contributed by atoms with van der Waals surface area (Å²) < 4.78 is 4.87. The van der Waals surface area contributed by atoms with Gasteiger partial charge in [-0.1, -0.05) is 132 Å². The van der Waals surface area contributed by atoms with Crippen molar-refractivity contribution in [2.24, 2.45) is 0 Å². The molecule has 0 spiro atoms. The number of nitrogens with one attached hydrogen (secondary N) is 2. The van der Waals surface area contributed by atoms with Crippen LogP contribution < -0.4 is 10.6 Å². The molecule has 0 aliphatic carbocycles. The van der Waals surface area contributed by atoms with Gasteiger partial charge in [-0.25, -0.2) is 4.79 Å². The van der Waals surface area contributed by atoms with Gasteiger partial charge in [0.05, 0.1) is 6.42 Å². The van der Waals surface area contributed by atoms with E-state index in [-0.39, 0.29) is 17.9 Å². The first-order chi connectivity index (χ1) is 17.5. The first-order valence-electron chi connectivity index (χ1n) is 14.6. The molecule has 1 unspecified atom stereocenters. The van der Waals surface area contributed by atoms with E-state index < -0.39 is 12.4 Å². The van der Waals surface area contributed by atoms with Crippen LogP contribution in [0.3, 0.4) is 0 Å². The molecule has 0 saturated carbocycles. The lowest BCUT2D eigenvalue weighted by atomic mass is 10.0. The quantitative estimate of drug-likeness (QED) is 0.0423. The van der Waals surface area contributed by atoms with Crippen LogP contribution in [0.5, 0.6) is 0 Å². The Morgan fingerprint density at radius 2 is 1.14 bits per heavy atom. The molecule has 0 aliphatic heterocycles. The molecule has 0 aromatic heterocycles. The number of alkyl carbamates (subject to hydrolysis) is 1. The third-order valence-electron chi connectivity index (χ3n) is 6.39. The van der Waals surface area contributed by atoms with Gasteiger partial charge in [0.1, 0.15) is 0 Å². The normalized spacial score (nSPS) is 11.8. The van der Waals surface area contributed by atoms with Crippen molar-refractivity contribution in [3.63, 3.8) is 0 Å². The fraction of sp³-hybridized carbons (Fsp3) is 0.862. The Balaban J connectivity index is 3.49. The smallest absolute Gasteiger partial charge is 0.409 e. The zero-order valence-corrected chi connectivity index (χ0v) is 24.7. The number of unbranched alkanes of at least 4 members (excludes halogenated alkanes) is 17. The van der Waals surface area contributed by atoms with Crippen molar-refractivity contribution in [1.29, 1.82) is 0 Å². The van der Waals surface area contributed by atoms with Crippen LogP contribution in [0, 0.1) is 0 Å². The number of ether oxygens (including phenoxy) is 1. The summed E-state index contributed by atoms with van der Waals surface area (Å²) in [5.41, 5.74) is 0.175. The van der Waals surface area contributed by atoms with Crippen molar-refractivity contribution < 1.29 is 19.4 Å². The maximum Gasteiger partial charge on any atom is 0.409 e. The molecule has 36 heavy (non-hydrogen) atoms. The zero-order valence-electron chi connectivity index (χ0n) is 23.1. The van der Waals surface area contributed by atoms with Gasteiger partial charge in [-0.15, -0.1) is 0 Å². The van der Waals surface area contributed by atoms with Crippen molar-refractivity contribution in [2.75, 3.05) is 18.4 Å². The molecule has 0 fully saturated rings. The minimum Gasteiger partial charge on any atom is -0.416 e. The molecule has 212 valence electrons. The van der Waals surface area contributed by atoms with E-state index in [0.29, 0.717) is 13.1 Å². The minimum absolute atomic E-state index is 0.0570. The number of hydrogen-bond donors (Lipinski definition) is 3. The van der Waals surface area contributed by atoms with E-state index in [4.69, 9.17) is 4.74 Å². The molecule has 0 aromatic rings. The molecule has 0 radical (unpaired) electrons. The topological polar surface area (TPSA) is 87.7 Å². The summed E-state index contributed by atoms with van der Waals surface area (Å²) in [7, 11) is 0. The third-order valence-corrected chi connectivity index (χ3v) is 6.95. The van der Waals surface area contributed by atoms with Crippen LogP contribution in [-0.2, 0) is 9.53 Å². The Bertz CT molecular complexity index is 545. The summed E-state index contributed by atoms with van der Waals surface area (Å²) in [6.07, 6.45) is 21.8. The van der Waals surface area contributed by atoms with Gasteiger partial charge in [0.15, 0.2) is 0 Å². The molecule has 0 rings (SSSR count). The standard InChI is InChI=1S/C29H55BrN2O4/c1-3-4-5-6-7-8-9-10-11-12-13-14-15-16-17-20-23-31-27(33)25-26(2)28(34)36-29(35)32-24-21-18-19-22-30/h28,34H,2-25H2,1H3,(H,31,33)(H,32,35). The van der Waals surface area contributed by atoms with Crippen LogP contribution in [-0.4, -0.2) is 41.8 Å². The summed E-state index contributed by atoms with van der Waals surface area (Å²) in [5, 5.41) is 16.3. The predicted octanol–water partition coefficient (Wildman–Crippen LogP) is 7.92. The Morgan fingerprint density at radius 3 is 1.61 bits per heavy atom. The maximum absolute atomic E-state index is 12.0. The van der Waals surface area contributed by atoms with Crippen molar-refractivity contribution in [1.82, 2.24) is 10.6 Å². The van der Waals surface area contributed by atoms with E-state index in [1.165, 1.54) is 89.9 Å². The SMILES string of the molecule is C=C(CC(=O)NCCCCCCCCCCCCCCCCCC)C(O)OC(=O)NCCCCCBr. The number of carbonyl (C=O) groups excluding carboxylic acids is 2. The average molecular weight is 576 g/mol. The lowest BCUT2D eigenvalue weighted by Gasteiger charge is -2.15. The van der Waals surface area contributed by atoms with Gasteiger partial charge in [0, 0.05) is 18.4 Å². The van der Waals surface area contributed by atoms with Crippen LogP contribution in [0.1, 0.15) is 135 Å². The molecular formula is C29H55BrN2O4. The van der Waals surface area contributed by atoms with Gasteiger partial charge < -0.3 is 20.5 Å². The molecule has 1 atom stereocenters. The van der Waals surface area contributed by atoms with Gasteiger partial charge in [0.2, 0.25) is 12.2 Å². The highest BCUT2D eigenvalue weighted by molar-refractivity contribution is 9.09. The van der Waals surface area contributed by atoms with E-state index in [2.05, 4.69) is 40.1 Å². The first-order valence-corrected chi connectivity index (χ1v) is 15.8. The van der Waals surface area contributed by atoms with Crippen LogP contribution in [0.25, 0.3) is 0 Å². The van der Waals surface area contributed by atoms with Gasteiger partial charge in [-0.05, 0) is 24.8 Å². The fourth-order valence-corrected chi connectivity index (χ4v) is 4.47. The summed E-state index contributed by atoms with van der Waals surface area (Å²) in [6, 6.07) is 0. The summed E-state index contributed by atoms with van der Waals surface area (Å²) in [6.45, 7) is 7.06. The zero-order chi connectivity index (χ0) is 26.7. The van der Waals surface area contributed by atoms with Crippen LogP contribution in [0.15, 0.2) is 12.2 Å². The maximum atomic E-state index is 12.0. The van der Waals surface area contributed by atoms with Crippen molar-refractivity contribution >= 4 is 27.9 Å². The fourth-order valence-electron chi connectivity index (χ4n) is 4.07. The molecule has 3 N–H and O–H groups in total. The minimum atomic E-state index is -1.48. The highest BCUT2D eigenvalue weighted by atomic mass is 79.9. The number of aliphatic hydroxyl groups is 1. The predicted molar refractivity (Wildman–Crippen MR) is 154 cm³/mol. The number of hydrogen-bond acceptors (Lipinski definition) is 4. The average Bonchev–Trinajstić information content (AvgIpc) is 2.85. The van der Waals surface area contributed by atoms with Gasteiger partial charge >= 0.3 is 6.09 Å². The Kier molecular flexibility index (Phi) is 26.2. The second kappa shape index (κ2) is 27.0.